The van der Waals surface area contributed by atoms with Gasteiger partial charge in [0.15, 0.2) is 0 Å². The molecular weight excluding hydrogens is 252 g/mol. The summed E-state index contributed by atoms with van der Waals surface area (Å²) in [5.74, 6) is 0.643. The molecule has 0 aliphatic heterocycles. The van der Waals surface area contributed by atoms with E-state index in [1.165, 1.54) is 18.4 Å². The molecule has 3 rings (SSSR count). The lowest BCUT2D eigenvalue weighted by atomic mass is 10.1. The van der Waals surface area contributed by atoms with Crippen molar-refractivity contribution in [3.05, 3.63) is 59.3 Å². The minimum absolute atomic E-state index is 0.309. The quantitative estimate of drug-likeness (QED) is 0.873. The van der Waals surface area contributed by atoms with Crippen molar-refractivity contribution in [1.82, 2.24) is 4.98 Å². The molecule has 4 nitrogen and oxygen atoms in total. The maximum absolute atomic E-state index is 10.9. The number of aromatic carboxylic acids is 1. The second-order valence-electron chi connectivity index (χ2n) is 5.11. The zero-order valence-electron chi connectivity index (χ0n) is 11.0. The highest BCUT2D eigenvalue weighted by Gasteiger charge is 2.23. The van der Waals surface area contributed by atoms with Gasteiger partial charge in [0.2, 0.25) is 0 Å². The van der Waals surface area contributed by atoms with Gasteiger partial charge in [-0.25, -0.2) is 9.78 Å². The number of anilines is 1. The van der Waals surface area contributed by atoms with Crippen LogP contribution in [0.25, 0.3) is 0 Å². The third kappa shape index (κ3) is 2.96. The Morgan fingerprint density at radius 1 is 1.30 bits per heavy atom. The second kappa shape index (κ2) is 5.33. The van der Waals surface area contributed by atoms with Gasteiger partial charge in [-0.2, -0.15) is 0 Å². The van der Waals surface area contributed by atoms with Crippen LogP contribution in [0.4, 0.5) is 5.82 Å². The van der Waals surface area contributed by atoms with Crippen molar-refractivity contribution in [3.8, 4) is 0 Å². The highest BCUT2D eigenvalue weighted by atomic mass is 16.4. The third-order valence-electron chi connectivity index (χ3n) is 3.48. The molecule has 1 saturated carbocycles. The van der Waals surface area contributed by atoms with Crippen LogP contribution in [0.5, 0.6) is 0 Å². The predicted octanol–water partition coefficient (Wildman–Crippen LogP) is 3.27. The Morgan fingerprint density at radius 3 is 2.90 bits per heavy atom. The van der Waals surface area contributed by atoms with E-state index in [4.69, 9.17) is 5.11 Å². The normalized spacial score (nSPS) is 14.0. The first-order chi connectivity index (χ1) is 9.72. The molecule has 2 N–H and O–H groups in total. The summed E-state index contributed by atoms with van der Waals surface area (Å²) >= 11 is 0. The zero-order valence-corrected chi connectivity index (χ0v) is 11.0. The van der Waals surface area contributed by atoms with Crippen molar-refractivity contribution in [2.45, 2.75) is 25.3 Å². The molecule has 0 radical (unpaired) electrons. The van der Waals surface area contributed by atoms with Crippen molar-refractivity contribution in [1.29, 1.82) is 0 Å². The standard InChI is InChI=1S/C16H16N2O2/c19-16(20)14-3-1-2-11(8-14)10-18-15-9-13(6-7-17-15)12-4-5-12/h1-3,6-9,12H,4-5,10H2,(H,17,18)(H,19,20). The molecule has 0 unspecified atom stereocenters. The zero-order chi connectivity index (χ0) is 13.9. The van der Waals surface area contributed by atoms with Gasteiger partial charge in [0.1, 0.15) is 5.82 Å². The van der Waals surface area contributed by atoms with Crippen LogP contribution in [0.3, 0.4) is 0 Å². The highest BCUT2D eigenvalue weighted by molar-refractivity contribution is 5.87. The lowest BCUT2D eigenvalue weighted by Gasteiger charge is -2.08. The Hall–Kier alpha value is -2.36. The fourth-order valence-electron chi connectivity index (χ4n) is 2.22. The molecule has 0 spiro atoms. The molecule has 1 aliphatic carbocycles. The van der Waals surface area contributed by atoms with Gasteiger partial charge < -0.3 is 10.4 Å². The summed E-state index contributed by atoms with van der Waals surface area (Å²) in [6.45, 7) is 0.572. The van der Waals surface area contributed by atoms with Gasteiger partial charge in [-0.1, -0.05) is 12.1 Å². The van der Waals surface area contributed by atoms with Gasteiger partial charge in [0, 0.05) is 12.7 Å². The van der Waals surface area contributed by atoms with Crippen LogP contribution in [-0.2, 0) is 6.54 Å². The molecule has 0 bridgehead atoms. The number of nitrogens with one attached hydrogen (secondary N) is 1. The fourth-order valence-corrected chi connectivity index (χ4v) is 2.22. The molecule has 4 heteroatoms. The summed E-state index contributed by atoms with van der Waals surface area (Å²) in [6.07, 6.45) is 4.36. The van der Waals surface area contributed by atoms with Crippen LogP contribution < -0.4 is 5.32 Å². The third-order valence-corrected chi connectivity index (χ3v) is 3.48. The summed E-state index contributed by atoms with van der Waals surface area (Å²) in [7, 11) is 0. The van der Waals surface area contributed by atoms with E-state index in [0.29, 0.717) is 18.0 Å². The summed E-state index contributed by atoms with van der Waals surface area (Å²) < 4.78 is 0. The van der Waals surface area contributed by atoms with Crippen LogP contribution >= 0.6 is 0 Å². The summed E-state index contributed by atoms with van der Waals surface area (Å²) in [5.41, 5.74) is 2.58. The first-order valence-corrected chi connectivity index (χ1v) is 6.74. The fraction of sp³-hybridized carbons (Fsp3) is 0.250. The number of hydrogen-bond acceptors (Lipinski definition) is 3. The topological polar surface area (TPSA) is 62.2 Å². The molecule has 2 aromatic rings. The van der Waals surface area contributed by atoms with Gasteiger partial charge in [0.25, 0.3) is 0 Å². The summed E-state index contributed by atoms with van der Waals surface area (Å²) in [6, 6.07) is 11.1. The lowest BCUT2D eigenvalue weighted by molar-refractivity contribution is 0.0697. The van der Waals surface area contributed by atoms with Crippen molar-refractivity contribution in [3.63, 3.8) is 0 Å². The van der Waals surface area contributed by atoms with E-state index in [0.717, 1.165) is 11.4 Å². The van der Waals surface area contributed by atoms with E-state index >= 15 is 0 Å². The van der Waals surface area contributed by atoms with Gasteiger partial charge >= 0.3 is 5.97 Å². The van der Waals surface area contributed by atoms with Gasteiger partial charge in [0.05, 0.1) is 5.56 Å². The van der Waals surface area contributed by atoms with Gasteiger partial charge in [-0.3, -0.25) is 0 Å². The van der Waals surface area contributed by atoms with Crippen LogP contribution in [-0.4, -0.2) is 16.1 Å². The van der Waals surface area contributed by atoms with E-state index < -0.39 is 5.97 Å². The maximum Gasteiger partial charge on any atom is 0.335 e. The highest BCUT2D eigenvalue weighted by Crippen LogP contribution is 2.40. The van der Waals surface area contributed by atoms with Gasteiger partial charge in [-0.15, -0.1) is 0 Å². The molecule has 20 heavy (non-hydrogen) atoms. The maximum atomic E-state index is 10.9. The summed E-state index contributed by atoms with van der Waals surface area (Å²) in [5, 5.41) is 12.2. The SMILES string of the molecule is O=C(O)c1cccc(CNc2cc(C3CC3)ccn2)c1. The van der Waals surface area contributed by atoms with E-state index in [-0.39, 0.29) is 0 Å². The minimum atomic E-state index is -0.902. The van der Waals surface area contributed by atoms with E-state index in [1.54, 1.807) is 18.2 Å². The van der Waals surface area contributed by atoms with Crippen molar-refractivity contribution in [2.24, 2.45) is 0 Å². The minimum Gasteiger partial charge on any atom is -0.478 e. The summed E-state index contributed by atoms with van der Waals surface area (Å²) in [4.78, 5) is 15.2. The predicted molar refractivity (Wildman–Crippen MR) is 76.9 cm³/mol. The number of aromatic nitrogens is 1. The van der Waals surface area contributed by atoms with Crippen LogP contribution in [0.15, 0.2) is 42.6 Å². The number of hydrogen-bond donors (Lipinski definition) is 2. The van der Waals surface area contributed by atoms with Crippen molar-refractivity contribution in [2.75, 3.05) is 5.32 Å². The Morgan fingerprint density at radius 2 is 2.15 bits per heavy atom. The first kappa shape index (κ1) is 12.7. The van der Waals surface area contributed by atoms with Crippen LogP contribution in [0, 0.1) is 0 Å². The lowest BCUT2D eigenvalue weighted by Crippen LogP contribution is -2.03. The van der Waals surface area contributed by atoms with E-state index in [1.807, 2.05) is 12.3 Å². The Labute approximate surface area is 117 Å². The van der Waals surface area contributed by atoms with Gasteiger partial charge in [-0.05, 0) is 54.2 Å². The number of nitrogens with zero attached hydrogens (tertiary/aromatic N) is 1. The van der Waals surface area contributed by atoms with Crippen molar-refractivity contribution < 1.29 is 9.90 Å². The first-order valence-electron chi connectivity index (χ1n) is 6.74. The number of carboxylic acid groups (broad SMARTS) is 1. The smallest absolute Gasteiger partial charge is 0.335 e. The Balaban J connectivity index is 1.68. The number of pyridine rings is 1. The second-order valence-corrected chi connectivity index (χ2v) is 5.11. The number of carboxylic acids is 1. The number of carbonyl (C=O) groups is 1. The van der Waals surface area contributed by atoms with Crippen LogP contribution in [0.2, 0.25) is 0 Å². The monoisotopic (exact) mass is 268 g/mol. The molecule has 0 saturated heterocycles. The molecule has 1 aromatic heterocycles. The average Bonchev–Trinajstić information content (AvgIpc) is 3.30. The molecule has 1 aliphatic rings. The average molecular weight is 268 g/mol. The molecule has 1 heterocycles. The molecule has 0 atom stereocenters. The molecule has 1 aromatic carbocycles. The van der Waals surface area contributed by atoms with E-state index in [9.17, 15) is 4.79 Å². The largest absolute Gasteiger partial charge is 0.478 e. The Kier molecular flexibility index (Phi) is 3.37. The molecule has 0 amide bonds. The molecule has 1 fully saturated rings. The number of benzene rings is 1. The van der Waals surface area contributed by atoms with Crippen molar-refractivity contribution >= 4 is 11.8 Å². The molecule has 102 valence electrons. The van der Waals surface area contributed by atoms with Crippen LogP contribution in [0.1, 0.15) is 40.2 Å². The Bertz CT molecular complexity index is 636. The molecular formula is C16H16N2O2. The number of rotatable bonds is 5. The van der Waals surface area contributed by atoms with E-state index in [2.05, 4.69) is 22.4 Å².